The van der Waals surface area contributed by atoms with E-state index in [4.69, 9.17) is 9.47 Å². The second-order valence-electron chi connectivity index (χ2n) is 5.43. The average Bonchev–Trinajstić information content (AvgIpc) is 2.99. The lowest BCUT2D eigenvalue weighted by molar-refractivity contribution is -0.133. The van der Waals surface area contributed by atoms with Gasteiger partial charge in [0.05, 0.1) is 12.6 Å². The second-order valence-corrected chi connectivity index (χ2v) is 5.43. The molecule has 1 aromatic rings. The van der Waals surface area contributed by atoms with Crippen LogP contribution in [0, 0.1) is 0 Å². The molecular formula is C15H19N3O4. The molecule has 1 aromatic heterocycles. The molecule has 7 heteroatoms. The Morgan fingerprint density at radius 3 is 3.23 bits per heavy atom. The molecule has 2 amide bonds. The first-order valence-corrected chi connectivity index (χ1v) is 7.37. The van der Waals surface area contributed by atoms with Gasteiger partial charge in [-0.25, -0.2) is 4.98 Å². The van der Waals surface area contributed by atoms with Crippen LogP contribution in [0.4, 0.5) is 5.82 Å². The molecule has 0 N–H and O–H groups in total. The number of rotatable bonds is 4. The maximum Gasteiger partial charge on any atom is 0.266 e. The molecule has 0 unspecified atom stereocenters. The predicted molar refractivity (Wildman–Crippen MR) is 78.7 cm³/mol. The number of ether oxygens (including phenoxy) is 2. The summed E-state index contributed by atoms with van der Waals surface area (Å²) < 4.78 is 10.5. The lowest BCUT2D eigenvalue weighted by atomic mass is 10.2. The number of nitrogens with zero attached hydrogens (tertiary/aromatic N) is 3. The van der Waals surface area contributed by atoms with Gasteiger partial charge in [-0.2, -0.15) is 0 Å². The Kier molecular flexibility index (Phi) is 4.24. The molecule has 22 heavy (non-hydrogen) atoms. The fraction of sp³-hybridized carbons (Fsp3) is 0.533. The Labute approximate surface area is 128 Å². The SMILES string of the molecule is COC[C@@H]1CCCN1C(=O)CN1C(=O)COc2cccnc21. The third-order valence-electron chi connectivity index (χ3n) is 4.01. The molecule has 7 nitrogen and oxygen atoms in total. The molecule has 0 spiro atoms. The van der Waals surface area contributed by atoms with E-state index in [1.165, 1.54) is 4.90 Å². The first-order valence-electron chi connectivity index (χ1n) is 7.37. The molecule has 118 valence electrons. The summed E-state index contributed by atoms with van der Waals surface area (Å²) in [6, 6.07) is 3.58. The molecule has 0 radical (unpaired) electrons. The van der Waals surface area contributed by atoms with Crippen molar-refractivity contribution in [3.05, 3.63) is 18.3 Å². The number of pyridine rings is 1. The molecule has 1 saturated heterocycles. The molecule has 3 rings (SSSR count). The van der Waals surface area contributed by atoms with E-state index in [0.717, 1.165) is 12.8 Å². The molecular weight excluding hydrogens is 286 g/mol. The summed E-state index contributed by atoms with van der Waals surface area (Å²) in [5.41, 5.74) is 0. The summed E-state index contributed by atoms with van der Waals surface area (Å²) in [6.45, 7) is 1.16. The molecule has 0 aromatic carbocycles. The number of carbonyl (C=O) groups excluding carboxylic acids is 2. The highest BCUT2D eigenvalue weighted by molar-refractivity contribution is 6.01. The highest BCUT2D eigenvalue weighted by Gasteiger charge is 2.33. The number of carbonyl (C=O) groups is 2. The molecule has 0 bridgehead atoms. The minimum Gasteiger partial charge on any atom is -0.480 e. The quantitative estimate of drug-likeness (QED) is 0.807. The summed E-state index contributed by atoms with van der Waals surface area (Å²) in [7, 11) is 1.63. The predicted octanol–water partition coefficient (Wildman–Crippen LogP) is 0.444. The monoisotopic (exact) mass is 305 g/mol. The van der Waals surface area contributed by atoms with Crippen molar-refractivity contribution in [3.63, 3.8) is 0 Å². The highest BCUT2D eigenvalue weighted by atomic mass is 16.5. The van der Waals surface area contributed by atoms with E-state index in [2.05, 4.69) is 4.98 Å². The maximum atomic E-state index is 12.6. The van der Waals surface area contributed by atoms with Crippen molar-refractivity contribution in [2.45, 2.75) is 18.9 Å². The summed E-state index contributed by atoms with van der Waals surface area (Å²) >= 11 is 0. The Morgan fingerprint density at radius 2 is 2.41 bits per heavy atom. The lowest BCUT2D eigenvalue weighted by Crippen LogP contribution is -2.48. The van der Waals surface area contributed by atoms with E-state index in [0.29, 0.717) is 24.7 Å². The Bertz CT molecular complexity index is 578. The van der Waals surface area contributed by atoms with E-state index in [9.17, 15) is 9.59 Å². The van der Waals surface area contributed by atoms with Gasteiger partial charge in [0.1, 0.15) is 6.54 Å². The molecule has 1 atom stereocenters. The van der Waals surface area contributed by atoms with Crippen molar-refractivity contribution < 1.29 is 19.1 Å². The van der Waals surface area contributed by atoms with Crippen LogP contribution in [0.15, 0.2) is 18.3 Å². The van der Waals surface area contributed by atoms with Crippen molar-refractivity contribution >= 4 is 17.6 Å². The van der Waals surface area contributed by atoms with Crippen LogP contribution in [-0.2, 0) is 14.3 Å². The zero-order chi connectivity index (χ0) is 15.5. The topological polar surface area (TPSA) is 72.0 Å². The van der Waals surface area contributed by atoms with Gasteiger partial charge in [-0.1, -0.05) is 0 Å². The van der Waals surface area contributed by atoms with Crippen LogP contribution in [0.5, 0.6) is 5.75 Å². The molecule has 3 heterocycles. The number of amides is 2. The van der Waals surface area contributed by atoms with Crippen LogP contribution in [0.3, 0.4) is 0 Å². The summed E-state index contributed by atoms with van der Waals surface area (Å²) in [5, 5.41) is 0. The number of hydrogen-bond acceptors (Lipinski definition) is 5. The normalized spacial score (nSPS) is 20.8. The Morgan fingerprint density at radius 1 is 1.55 bits per heavy atom. The van der Waals surface area contributed by atoms with Crippen LogP contribution < -0.4 is 9.64 Å². The lowest BCUT2D eigenvalue weighted by Gasteiger charge is -2.30. The number of fused-ring (bicyclic) bond motifs is 1. The van der Waals surface area contributed by atoms with E-state index in [1.807, 2.05) is 0 Å². The fourth-order valence-corrected chi connectivity index (χ4v) is 2.95. The van der Waals surface area contributed by atoms with Crippen molar-refractivity contribution in [1.82, 2.24) is 9.88 Å². The van der Waals surface area contributed by atoms with Gasteiger partial charge in [0.2, 0.25) is 5.91 Å². The maximum absolute atomic E-state index is 12.6. The number of anilines is 1. The van der Waals surface area contributed by atoms with Crippen molar-refractivity contribution in [2.24, 2.45) is 0 Å². The van der Waals surface area contributed by atoms with Gasteiger partial charge in [-0.05, 0) is 25.0 Å². The third-order valence-corrected chi connectivity index (χ3v) is 4.01. The van der Waals surface area contributed by atoms with Crippen molar-refractivity contribution in [3.8, 4) is 5.75 Å². The first-order chi connectivity index (χ1) is 10.7. The molecule has 2 aliphatic heterocycles. The third kappa shape index (κ3) is 2.76. The number of methoxy groups -OCH3 is 1. The van der Waals surface area contributed by atoms with Crippen LogP contribution in [-0.4, -0.2) is 61.2 Å². The summed E-state index contributed by atoms with van der Waals surface area (Å²) in [5.74, 6) is 0.618. The smallest absolute Gasteiger partial charge is 0.266 e. The van der Waals surface area contributed by atoms with E-state index in [-0.39, 0.29) is 31.0 Å². The zero-order valence-electron chi connectivity index (χ0n) is 12.5. The van der Waals surface area contributed by atoms with Crippen LogP contribution >= 0.6 is 0 Å². The van der Waals surface area contributed by atoms with Crippen LogP contribution in [0.1, 0.15) is 12.8 Å². The minimum absolute atomic E-state index is 0.00752. The van der Waals surface area contributed by atoms with E-state index < -0.39 is 0 Å². The Balaban J connectivity index is 1.75. The van der Waals surface area contributed by atoms with Crippen LogP contribution in [0.2, 0.25) is 0 Å². The van der Waals surface area contributed by atoms with Crippen LogP contribution in [0.25, 0.3) is 0 Å². The molecule has 0 saturated carbocycles. The first kappa shape index (κ1) is 14.8. The Hall–Kier alpha value is -2.15. The van der Waals surface area contributed by atoms with E-state index >= 15 is 0 Å². The second kappa shape index (κ2) is 6.31. The fourth-order valence-electron chi connectivity index (χ4n) is 2.95. The number of hydrogen-bond donors (Lipinski definition) is 0. The van der Waals surface area contributed by atoms with Gasteiger partial charge in [-0.3, -0.25) is 14.5 Å². The number of likely N-dealkylation sites (tertiary alicyclic amines) is 1. The van der Waals surface area contributed by atoms with Gasteiger partial charge >= 0.3 is 0 Å². The average molecular weight is 305 g/mol. The van der Waals surface area contributed by atoms with E-state index in [1.54, 1.807) is 30.3 Å². The standard InChI is InChI=1S/C15H19N3O4/c1-21-9-11-4-3-7-17(11)13(19)8-18-14(20)10-22-12-5-2-6-16-15(12)18/h2,5-6,11H,3-4,7-10H2,1H3/t11-/m0/s1. The summed E-state index contributed by atoms with van der Waals surface area (Å²) in [4.78, 5) is 32.0. The van der Waals surface area contributed by atoms with Gasteiger partial charge in [-0.15, -0.1) is 0 Å². The molecule has 2 aliphatic rings. The number of aromatic nitrogens is 1. The van der Waals surface area contributed by atoms with Gasteiger partial charge in [0.15, 0.2) is 18.2 Å². The van der Waals surface area contributed by atoms with Gasteiger partial charge in [0, 0.05) is 19.9 Å². The largest absolute Gasteiger partial charge is 0.480 e. The van der Waals surface area contributed by atoms with Crippen molar-refractivity contribution in [1.29, 1.82) is 0 Å². The highest BCUT2D eigenvalue weighted by Crippen LogP contribution is 2.29. The van der Waals surface area contributed by atoms with Gasteiger partial charge < -0.3 is 14.4 Å². The minimum atomic E-state index is -0.248. The van der Waals surface area contributed by atoms with Crippen molar-refractivity contribution in [2.75, 3.05) is 38.3 Å². The molecule has 0 aliphatic carbocycles. The summed E-state index contributed by atoms with van der Waals surface area (Å²) in [6.07, 6.45) is 3.49. The van der Waals surface area contributed by atoms with Gasteiger partial charge in [0.25, 0.3) is 5.91 Å². The molecule has 1 fully saturated rings. The zero-order valence-corrected chi connectivity index (χ0v) is 12.5.